The van der Waals surface area contributed by atoms with E-state index in [9.17, 15) is 14.4 Å². The van der Waals surface area contributed by atoms with Crippen LogP contribution in [0.4, 0.5) is 11.4 Å². The Hall–Kier alpha value is -3.61. The summed E-state index contributed by atoms with van der Waals surface area (Å²) in [6.45, 7) is 5.48. The molecule has 0 aliphatic carbocycles. The predicted molar refractivity (Wildman–Crippen MR) is 119 cm³/mol. The maximum atomic E-state index is 12.3. The molecule has 0 bridgehead atoms. The third-order valence-corrected chi connectivity index (χ3v) is 5.35. The van der Waals surface area contributed by atoms with Gasteiger partial charge < -0.3 is 19.4 Å². The first-order chi connectivity index (χ1) is 14.9. The number of ether oxygens (including phenoxy) is 1. The normalized spacial score (nSPS) is 13.4. The third-order valence-electron chi connectivity index (χ3n) is 5.35. The number of benzene rings is 2. The van der Waals surface area contributed by atoms with Gasteiger partial charge in [0, 0.05) is 30.5 Å². The van der Waals surface area contributed by atoms with Crippen molar-refractivity contribution in [3.05, 3.63) is 69.6 Å². The van der Waals surface area contributed by atoms with Crippen LogP contribution in [0.5, 0.6) is 0 Å². The lowest BCUT2D eigenvalue weighted by atomic mass is 10.1. The molecular weight excluding hydrogens is 396 g/mol. The van der Waals surface area contributed by atoms with Crippen molar-refractivity contribution >= 4 is 34.2 Å². The number of anilines is 2. The first-order valence-electron chi connectivity index (χ1n) is 10.3. The Morgan fingerprint density at radius 1 is 1.06 bits per heavy atom. The quantitative estimate of drug-likeness (QED) is 0.632. The molecule has 160 valence electrons. The summed E-state index contributed by atoms with van der Waals surface area (Å²) in [6, 6.07) is 11.9. The van der Waals surface area contributed by atoms with Crippen LogP contribution in [0.3, 0.4) is 0 Å². The topological polar surface area (TPSA) is 88.8 Å². The number of fused-ring (bicyclic) bond motifs is 1. The van der Waals surface area contributed by atoms with E-state index in [-0.39, 0.29) is 11.2 Å². The maximum Gasteiger partial charge on any atom is 0.374 e. The fraction of sp³-hybridized carbons (Fsp3) is 0.292. The number of hydrogen-bond donors (Lipinski definition) is 1. The molecule has 0 saturated carbocycles. The molecule has 1 saturated heterocycles. The smallest absolute Gasteiger partial charge is 0.374 e. The van der Waals surface area contributed by atoms with Crippen molar-refractivity contribution in [3.8, 4) is 0 Å². The van der Waals surface area contributed by atoms with Crippen molar-refractivity contribution in [2.24, 2.45) is 0 Å². The Bertz CT molecular complexity index is 1210. The molecule has 31 heavy (non-hydrogen) atoms. The zero-order valence-corrected chi connectivity index (χ0v) is 17.6. The van der Waals surface area contributed by atoms with Gasteiger partial charge in [0.15, 0.2) is 12.0 Å². The molecule has 2 heterocycles. The highest BCUT2D eigenvalue weighted by Gasteiger charge is 2.17. The average Bonchev–Trinajstić information content (AvgIpc) is 3.27. The van der Waals surface area contributed by atoms with Gasteiger partial charge in [-0.3, -0.25) is 9.59 Å². The van der Waals surface area contributed by atoms with Crippen LogP contribution in [0.1, 0.15) is 34.5 Å². The largest absolute Gasteiger partial charge is 0.450 e. The van der Waals surface area contributed by atoms with Gasteiger partial charge in [0.1, 0.15) is 5.58 Å². The zero-order chi connectivity index (χ0) is 22.0. The van der Waals surface area contributed by atoms with Gasteiger partial charge in [-0.1, -0.05) is 11.6 Å². The molecule has 0 atom stereocenters. The molecule has 1 aromatic heterocycles. The van der Waals surface area contributed by atoms with Crippen LogP contribution in [0.2, 0.25) is 0 Å². The average molecular weight is 420 g/mol. The second-order valence-corrected chi connectivity index (χ2v) is 7.79. The van der Waals surface area contributed by atoms with Crippen LogP contribution in [-0.4, -0.2) is 31.6 Å². The highest BCUT2D eigenvalue weighted by Crippen LogP contribution is 2.26. The molecule has 1 fully saturated rings. The number of hydrogen-bond acceptors (Lipinski definition) is 6. The number of rotatable bonds is 5. The van der Waals surface area contributed by atoms with E-state index in [1.807, 2.05) is 32.0 Å². The minimum Gasteiger partial charge on any atom is -0.450 e. The summed E-state index contributed by atoms with van der Waals surface area (Å²) in [4.78, 5) is 39.1. The van der Waals surface area contributed by atoms with Crippen molar-refractivity contribution in [2.75, 3.05) is 29.9 Å². The van der Waals surface area contributed by atoms with Crippen molar-refractivity contribution in [1.82, 2.24) is 0 Å². The Morgan fingerprint density at radius 3 is 2.58 bits per heavy atom. The monoisotopic (exact) mass is 420 g/mol. The van der Waals surface area contributed by atoms with Gasteiger partial charge in [-0.05, 0) is 62.6 Å². The summed E-state index contributed by atoms with van der Waals surface area (Å²) in [7, 11) is 0. The Kier molecular flexibility index (Phi) is 5.75. The highest BCUT2D eigenvalue weighted by atomic mass is 16.5. The van der Waals surface area contributed by atoms with Crippen molar-refractivity contribution < 1.29 is 18.7 Å². The predicted octanol–water partition coefficient (Wildman–Crippen LogP) is 3.81. The molecule has 1 N–H and O–H groups in total. The van der Waals surface area contributed by atoms with E-state index in [1.165, 1.54) is 18.5 Å². The Labute approximate surface area is 179 Å². The lowest BCUT2D eigenvalue weighted by molar-refractivity contribution is -0.119. The molecule has 0 unspecified atom stereocenters. The SMILES string of the molecule is Cc1ccc2oc(C(=O)OCC(=O)Nc3ccc(N4CCCC4)c(C)c3)cc(=O)c2c1. The van der Waals surface area contributed by atoms with Crippen LogP contribution >= 0.6 is 0 Å². The first kappa shape index (κ1) is 20.7. The molecule has 0 spiro atoms. The Morgan fingerprint density at radius 2 is 1.84 bits per heavy atom. The fourth-order valence-electron chi connectivity index (χ4n) is 3.82. The van der Waals surface area contributed by atoms with Crippen LogP contribution < -0.4 is 15.6 Å². The number of esters is 1. The molecule has 3 aromatic rings. The molecule has 7 nitrogen and oxygen atoms in total. The first-order valence-corrected chi connectivity index (χ1v) is 10.3. The minimum atomic E-state index is -0.865. The number of amides is 1. The van der Waals surface area contributed by atoms with Gasteiger partial charge in [0.2, 0.25) is 5.76 Å². The van der Waals surface area contributed by atoms with E-state index in [0.29, 0.717) is 16.7 Å². The van der Waals surface area contributed by atoms with Gasteiger partial charge in [0.05, 0.1) is 5.39 Å². The van der Waals surface area contributed by atoms with Crippen LogP contribution in [-0.2, 0) is 9.53 Å². The van der Waals surface area contributed by atoms with Gasteiger partial charge in [-0.2, -0.15) is 0 Å². The summed E-state index contributed by atoms with van der Waals surface area (Å²) in [5, 5.41) is 3.12. The molecule has 1 aliphatic rings. The minimum absolute atomic E-state index is 0.236. The lowest BCUT2D eigenvalue weighted by Crippen LogP contribution is -2.22. The molecule has 0 radical (unpaired) electrons. The molecule has 2 aromatic carbocycles. The Balaban J connectivity index is 1.38. The van der Waals surface area contributed by atoms with E-state index < -0.39 is 18.5 Å². The fourth-order valence-corrected chi connectivity index (χ4v) is 3.82. The van der Waals surface area contributed by atoms with Gasteiger partial charge in [-0.15, -0.1) is 0 Å². The lowest BCUT2D eigenvalue weighted by Gasteiger charge is -2.20. The molecule has 1 aliphatic heterocycles. The van der Waals surface area contributed by atoms with E-state index in [4.69, 9.17) is 9.15 Å². The number of nitrogens with one attached hydrogen (secondary N) is 1. The zero-order valence-electron chi connectivity index (χ0n) is 17.6. The van der Waals surface area contributed by atoms with Gasteiger partial charge in [-0.25, -0.2) is 4.79 Å². The second kappa shape index (κ2) is 8.63. The van der Waals surface area contributed by atoms with Gasteiger partial charge in [0.25, 0.3) is 5.91 Å². The van der Waals surface area contributed by atoms with E-state index >= 15 is 0 Å². The van der Waals surface area contributed by atoms with Crippen molar-refractivity contribution in [1.29, 1.82) is 0 Å². The number of carbonyl (C=O) groups is 2. The highest BCUT2D eigenvalue weighted by molar-refractivity contribution is 5.95. The molecule has 7 heteroatoms. The second-order valence-electron chi connectivity index (χ2n) is 7.79. The van der Waals surface area contributed by atoms with Crippen LogP contribution in [0, 0.1) is 13.8 Å². The molecular formula is C24H24N2O5. The number of aryl methyl sites for hydroxylation is 2. The third kappa shape index (κ3) is 4.60. The van der Waals surface area contributed by atoms with Gasteiger partial charge >= 0.3 is 5.97 Å². The van der Waals surface area contributed by atoms with E-state index in [2.05, 4.69) is 10.2 Å². The summed E-state index contributed by atoms with van der Waals surface area (Å²) in [5.74, 6) is -1.57. The standard InChI is InChI=1S/C24H24N2O5/c1-15-5-8-21-18(11-15)20(27)13-22(31-21)24(29)30-14-23(28)25-17-6-7-19(16(2)12-17)26-9-3-4-10-26/h5-8,11-13H,3-4,9-10,14H2,1-2H3,(H,25,28). The summed E-state index contributed by atoms with van der Waals surface area (Å²) < 4.78 is 10.5. The van der Waals surface area contributed by atoms with E-state index in [1.54, 1.807) is 18.2 Å². The summed E-state index contributed by atoms with van der Waals surface area (Å²) in [6.07, 6.45) is 2.39. The number of nitrogens with zero attached hydrogens (tertiary/aromatic N) is 1. The summed E-state index contributed by atoms with van der Waals surface area (Å²) in [5.41, 5.74) is 3.75. The van der Waals surface area contributed by atoms with Crippen LogP contribution in [0.15, 0.2) is 51.7 Å². The molecule has 1 amide bonds. The van der Waals surface area contributed by atoms with E-state index in [0.717, 1.165) is 30.3 Å². The molecule has 4 rings (SSSR count). The maximum absolute atomic E-state index is 12.3. The summed E-state index contributed by atoms with van der Waals surface area (Å²) >= 11 is 0. The van der Waals surface area contributed by atoms with Crippen molar-refractivity contribution in [3.63, 3.8) is 0 Å². The van der Waals surface area contributed by atoms with Crippen molar-refractivity contribution in [2.45, 2.75) is 26.7 Å². The number of carbonyl (C=O) groups excluding carboxylic acids is 2. The van der Waals surface area contributed by atoms with Crippen LogP contribution in [0.25, 0.3) is 11.0 Å².